The van der Waals surface area contributed by atoms with Crippen molar-refractivity contribution in [3.8, 4) is 5.75 Å². The van der Waals surface area contributed by atoms with Gasteiger partial charge in [0.05, 0.1) is 12.8 Å². The molecule has 4 heteroatoms. The molecule has 0 amide bonds. The zero-order valence-corrected chi connectivity index (χ0v) is 10.6. The Labute approximate surface area is 101 Å². The van der Waals surface area contributed by atoms with Crippen molar-refractivity contribution in [3.05, 3.63) is 22.7 Å². The van der Waals surface area contributed by atoms with Gasteiger partial charge >= 0.3 is 0 Å². The second-order valence-corrected chi connectivity index (χ2v) is 4.51. The maximum absolute atomic E-state index is 6.27. The standard InChI is InChI=1S/C12H17ClN2O/c1-7(14-2)8-6-15-12-10(16-3)5-4-9(13)11(8)12/h4-5,7-8,14-15H,6H2,1-3H3. The van der Waals surface area contributed by atoms with Gasteiger partial charge in [-0.2, -0.15) is 0 Å². The Hall–Kier alpha value is -0.930. The molecule has 88 valence electrons. The van der Waals surface area contributed by atoms with Crippen molar-refractivity contribution >= 4 is 17.3 Å². The lowest BCUT2D eigenvalue weighted by molar-refractivity contribution is 0.416. The lowest BCUT2D eigenvalue weighted by Gasteiger charge is -2.19. The summed E-state index contributed by atoms with van der Waals surface area (Å²) in [6.45, 7) is 3.06. The highest BCUT2D eigenvalue weighted by Gasteiger charge is 2.30. The number of methoxy groups -OCH3 is 1. The molecule has 2 N–H and O–H groups in total. The molecule has 0 aromatic heterocycles. The third-order valence-electron chi connectivity index (χ3n) is 3.30. The molecule has 0 aliphatic carbocycles. The fourth-order valence-corrected chi connectivity index (χ4v) is 2.53. The van der Waals surface area contributed by atoms with Crippen molar-refractivity contribution in [2.24, 2.45) is 0 Å². The van der Waals surface area contributed by atoms with Gasteiger partial charge in [-0.1, -0.05) is 11.6 Å². The summed E-state index contributed by atoms with van der Waals surface area (Å²) in [7, 11) is 3.65. The molecule has 3 nitrogen and oxygen atoms in total. The molecule has 1 aliphatic rings. The molecule has 0 radical (unpaired) electrons. The van der Waals surface area contributed by atoms with Crippen LogP contribution in [0, 0.1) is 0 Å². The van der Waals surface area contributed by atoms with Gasteiger partial charge in [0.1, 0.15) is 5.75 Å². The number of hydrogen-bond donors (Lipinski definition) is 2. The second kappa shape index (κ2) is 4.52. The van der Waals surface area contributed by atoms with Gasteiger partial charge in [-0.3, -0.25) is 0 Å². The number of rotatable bonds is 3. The maximum Gasteiger partial charge on any atom is 0.142 e. The van der Waals surface area contributed by atoms with Crippen molar-refractivity contribution in [3.63, 3.8) is 0 Å². The fraction of sp³-hybridized carbons (Fsp3) is 0.500. The highest BCUT2D eigenvalue weighted by Crippen LogP contribution is 2.43. The quantitative estimate of drug-likeness (QED) is 0.852. The third kappa shape index (κ3) is 1.74. The van der Waals surface area contributed by atoms with E-state index in [4.69, 9.17) is 16.3 Å². The van der Waals surface area contributed by atoms with Crippen LogP contribution in [0.2, 0.25) is 5.02 Å². The molecule has 16 heavy (non-hydrogen) atoms. The first-order chi connectivity index (χ1) is 7.69. The number of hydrogen-bond acceptors (Lipinski definition) is 3. The largest absolute Gasteiger partial charge is 0.495 e. The lowest BCUT2D eigenvalue weighted by atomic mass is 9.94. The first-order valence-electron chi connectivity index (χ1n) is 5.46. The van der Waals surface area contributed by atoms with E-state index in [1.807, 2.05) is 19.2 Å². The van der Waals surface area contributed by atoms with Gasteiger partial charge in [-0.05, 0) is 26.1 Å². The zero-order valence-electron chi connectivity index (χ0n) is 9.80. The van der Waals surface area contributed by atoms with Crippen LogP contribution in [0.4, 0.5) is 5.69 Å². The van der Waals surface area contributed by atoms with Crippen molar-refractivity contribution in [2.75, 3.05) is 26.0 Å². The molecule has 1 aliphatic heterocycles. The Balaban J connectivity index is 2.45. The van der Waals surface area contributed by atoms with E-state index in [1.165, 1.54) is 5.56 Å². The number of nitrogens with one attached hydrogen (secondary N) is 2. The molecule has 0 fully saturated rings. The van der Waals surface area contributed by atoms with Crippen molar-refractivity contribution in [1.29, 1.82) is 0 Å². The summed E-state index contributed by atoms with van der Waals surface area (Å²) in [5.74, 6) is 1.26. The summed E-state index contributed by atoms with van der Waals surface area (Å²) < 4.78 is 5.33. The molecule has 0 saturated heterocycles. The summed E-state index contributed by atoms with van der Waals surface area (Å²) in [6.07, 6.45) is 0. The van der Waals surface area contributed by atoms with Crippen molar-refractivity contribution < 1.29 is 4.74 Å². The van der Waals surface area contributed by atoms with E-state index in [-0.39, 0.29) is 0 Å². The smallest absolute Gasteiger partial charge is 0.142 e. The second-order valence-electron chi connectivity index (χ2n) is 4.10. The normalized spacial score (nSPS) is 20.1. The number of fused-ring (bicyclic) bond motifs is 1. The zero-order chi connectivity index (χ0) is 11.7. The number of benzene rings is 1. The van der Waals surface area contributed by atoms with Gasteiger partial charge in [0, 0.05) is 29.1 Å². The minimum atomic E-state index is 0.387. The average Bonchev–Trinajstić information content (AvgIpc) is 2.74. The van der Waals surface area contributed by atoms with E-state index in [0.717, 1.165) is 23.0 Å². The summed E-state index contributed by atoms with van der Waals surface area (Å²) >= 11 is 6.27. The number of likely N-dealkylation sites (N-methyl/N-ethyl adjacent to an activating group) is 1. The molecule has 0 spiro atoms. The van der Waals surface area contributed by atoms with Crippen LogP contribution in [0.25, 0.3) is 0 Å². The molecular formula is C12H17ClN2O. The average molecular weight is 241 g/mol. The van der Waals surface area contributed by atoms with Gasteiger partial charge in [0.15, 0.2) is 0 Å². The maximum atomic E-state index is 6.27. The topological polar surface area (TPSA) is 33.3 Å². The molecular weight excluding hydrogens is 224 g/mol. The van der Waals surface area contributed by atoms with E-state index in [0.29, 0.717) is 12.0 Å². The molecule has 1 aromatic rings. The van der Waals surface area contributed by atoms with Crippen LogP contribution in [0.15, 0.2) is 12.1 Å². The lowest BCUT2D eigenvalue weighted by Crippen LogP contribution is -2.30. The Morgan fingerprint density at radius 2 is 2.31 bits per heavy atom. The molecule has 0 saturated carbocycles. The minimum Gasteiger partial charge on any atom is -0.495 e. The van der Waals surface area contributed by atoms with Crippen LogP contribution < -0.4 is 15.4 Å². The number of anilines is 1. The number of ether oxygens (including phenoxy) is 1. The van der Waals surface area contributed by atoms with Crippen LogP contribution in [0.5, 0.6) is 5.75 Å². The van der Waals surface area contributed by atoms with Crippen LogP contribution in [-0.4, -0.2) is 26.7 Å². The summed E-state index contributed by atoms with van der Waals surface area (Å²) in [4.78, 5) is 0. The van der Waals surface area contributed by atoms with Gasteiger partial charge in [-0.25, -0.2) is 0 Å². The molecule has 2 rings (SSSR count). The predicted octanol–water partition coefficient (Wildman–Crippen LogP) is 2.47. The van der Waals surface area contributed by atoms with Crippen molar-refractivity contribution in [1.82, 2.24) is 5.32 Å². The van der Waals surface area contributed by atoms with Crippen molar-refractivity contribution in [2.45, 2.75) is 18.9 Å². The highest BCUT2D eigenvalue weighted by atomic mass is 35.5. The highest BCUT2D eigenvalue weighted by molar-refractivity contribution is 6.32. The third-order valence-corrected chi connectivity index (χ3v) is 3.63. The monoisotopic (exact) mass is 240 g/mol. The van der Waals surface area contributed by atoms with E-state index in [2.05, 4.69) is 17.6 Å². The van der Waals surface area contributed by atoms with E-state index < -0.39 is 0 Å². The van der Waals surface area contributed by atoms with Crippen LogP contribution in [-0.2, 0) is 0 Å². The summed E-state index contributed by atoms with van der Waals surface area (Å²) in [5.41, 5.74) is 2.21. The van der Waals surface area contributed by atoms with E-state index >= 15 is 0 Å². The van der Waals surface area contributed by atoms with Gasteiger partial charge in [-0.15, -0.1) is 0 Å². The summed E-state index contributed by atoms with van der Waals surface area (Å²) in [5, 5.41) is 7.46. The van der Waals surface area contributed by atoms with Crippen LogP contribution in [0.3, 0.4) is 0 Å². The van der Waals surface area contributed by atoms with E-state index in [9.17, 15) is 0 Å². The van der Waals surface area contributed by atoms with Gasteiger partial charge in [0.25, 0.3) is 0 Å². The molecule has 2 atom stereocenters. The Morgan fingerprint density at radius 3 is 2.94 bits per heavy atom. The summed E-state index contributed by atoms with van der Waals surface area (Å²) in [6, 6.07) is 4.20. The van der Waals surface area contributed by atoms with Crippen LogP contribution >= 0.6 is 11.6 Å². The van der Waals surface area contributed by atoms with Gasteiger partial charge in [0.2, 0.25) is 0 Å². The molecule has 2 unspecified atom stereocenters. The van der Waals surface area contributed by atoms with Crippen LogP contribution in [0.1, 0.15) is 18.4 Å². The fourth-order valence-electron chi connectivity index (χ4n) is 2.23. The Morgan fingerprint density at radius 1 is 1.56 bits per heavy atom. The Kier molecular flexibility index (Phi) is 3.26. The molecule has 0 bridgehead atoms. The minimum absolute atomic E-state index is 0.387. The molecule has 1 heterocycles. The molecule has 1 aromatic carbocycles. The number of halogens is 1. The SMILES string of the molecule is CNC(C)C1CNc2c(OC)ccc(Cl)c21. The first-order valence-corrected chi connectivity index (χ1v) is 5.84. The predicted molar refractivity (Wildman–Crippen MR) is 67.8 cm³/mol. The first kappa shape index (κ1) is 11.6. The van der Waals surface area contributed by atoms with E-state index in [1.54, 1.807) is 7.11 Å². The van der Waals surface area contributed by atoms with Gasteiger partial charge < -0.3 is 15.4 Å². The Bertz CT molecular complexity index is 395.